The van der Waals surface area contributed by atoms with Crippen LogP contribution < -0.4 is 10.6 Å². The molecule has 0 aromatic heterocycles. The molecule has 1 heterocycles. The van der Waals surface area contributed by atoms with Gasteiger partial charge in [-0.2, -0.15) is 0 Å². The zero-order valence-electron chi connectivity index (χ0n) is 11.9. The van der Waals surface area contributed by atoms with Crippen molar-refractivity contribution in [3.63, 3.8) is 0 Å². The van der Waals surface area contributed by atoms with Crippen LogP contribution in [0.3, 0.4) is 0 Å². The first-order valence-electron chi connectivity index (χ1n) is 6.81. The predicted molar refractivity (Wildman–Crippen MR) is 82.7 cm³/mol. The lowest BCUT2D eigenvalue weighted by molar-refractivity contribution is -0.129. The van der Waals surface area contributed by atoms with Crippen LogP contribution in [0.4, 0.5) is 0 Å². The molecule has 5 nitrogen and oxygen atoms in total. The van der Waals surface area contributed by atoms with Gasteiger partial charge in [-0.3, -0.25) is 9.59 Å². The van der Waals surface area contributed by atoms with Crippen LogP contribution in [0.25, 0.3) is 6.08 Å². The van der Waals surface area contributed by atoms with Gasteiger partial charge in [0.1, 0.15) is 5.70 Å². The number of hydrogen-bond donors (Lipinski definition) is 2. The van der Waals surface area contributed by atoms with Gasteiger partial charge in [0.15, 0.2) is 0 Å². The second-order valence-electron chi connectivity index (χ2n) is 4.83. The van der Waals surface area contributed by atoms with Gasteiger partial charge in [-0.1, -0.05) is 23.7 Å². The van der Waals surface area contributed by atoms with E-state index in [1.807, 2.05) is 0 Å². The number of nitrogens with one attached hydrogen (secondary N) is 2. The van der Waals surface area contributed by atoms with Crippen molar-refractivity contribution in [2.24, 2.45) is 0 Å². The van der Waals surface area contributed by atoms with Crippen LogP contribution in [0.15, 0.2) is 30.0 Å². The summed E-state index contributed by atoms with van der Waals surface area (Å²) in [5.74, 6) is -0.430. The lowest BCUT2D eigenvalue weighted by Crippen LogP contribution is -2.48. The summed E-state index contributed by atoms with van der Waals surface area (Å²) < 4.78 is 0. The predicted octanol–water partition coefficient (Wildman–Crippen LogP) is 1.25. The fraction of sp³-hybridized carbons (Fsp3) is 0.333. The van der Waals surface area contributed by atoms with Gasteiger partial charge in [0.2, 0.25) is 5.91 Å². The Balaban J connectivity index is 2.22. The highest BCUT2D eigenvalue weighted by molar-refractivity contribution is 6.30. The molecule has 2 rings (SSSR count). The van der Waals surface area contributed by atoms with Crippen LogP contribution in [0.5, 0.6) is 0 Å². The maximum atomic E-state index is 12.5. The zero-order chi connectivity index (χ0) is 15.2. The van der Waals surface area contributed by atoms with E-state index in [2.05, 4.69) is 10.6 Å². The molecule has 0 radical (unpaired) electrons. The minimum Gasteiger partial charge on any atom is -0.335 e. The van der Waals surface area contributed by atoms with Crippen LogP contribution >= 0.6 is 11.6 Å². The minimum absolute atomic E-state index is 0.165. The van der Waals surface area contributed by atoms with Gasteiger partial charge < -0.3 is 15.5 Å². The number of rotatable bonds is 3. The Bertz CT molecular complexity index is 549. The summed E-state index contributed by atoms with van der Waals surface area (Å²) in [6.07, 6.45) is 1.67. The summed E-state index contributed by atoms with van der Waals surface area (Å²) in [5.41, 5.74) is 1.10. The van der Waals surface area contributed by atoms with E-state index in [9.17, 15) is 9.59 Å². The van der Waals surface area contributed by atoms with Crippen LogP contribution in [0, 0.1) is 0 Å². The highest BCUT2D eigenvalue weighted by Gasteiger charge is 2.20. The largest absolute Gasteiger partial charge is 0.335 e. The second kappa shape index (κ2) is 7.24. The lowest BCUT2D eigenvalue weighted by atomic mass is 10.1. The van der Waals surface area contributed by atoms with E-state index < -0.39 is 0 Å². The van der Waals surface area contributed by atoms with E-state index >= 15 is 0 Å². The normalized spacial score (nSPS) is 15.7. The topological polar surface area (TPSA) is 61.4 Å². The van der Waals surface area contributed by atoms with Crippen molar-refractivity contribution >= 4 is 29.5 Å². The van der Waals surface area contributed by atoms with Gasteiger partial charge in [-0.25, -0.2) is 0 Å². The summed E-state index contributed by atoms with van der Waals surface area (Å²) in [6.45, 7) is 4.19. The molecule has 0 aliphatic carbocycles. The molecule has 0 saturated carbocycles. The fourth-order valence-corrected chi connectivity index (χ4v) is 2.23. The molecular weight excluding hydrogens is 290 g/mol. The van der Waals surface area contributed by atoms with Gasteiger partial charge in [-0.15, -0.1) is 0 Å². The fourth-order valence-electron chi connectivity index (χ4n) is 2.10. The summed E-state index contributed by atoms with van der Waals surface area (Å²) in [5, 5.41) is 6.43. The number of nitrogens with zero attached hydrogens (tertiary/aromatic N) is 1. The molecule has 1 fully saturated rings. The van der Waals surface area contributed by atoms with Gasteiger partial charge in [0.05, 0.1) is 0 Å². The Labute approximate surface area is 129 Å². The molecule has 0 bridgehead atoms. The number of amides is 2. The quantitative estimate of drug-likeness (QED) is 0.826. The average molecular weight is 308 g/mol. The smallest absolute Gasteiger partial charge is 0.270 e. The Morgan fingerprint density at radius 3 is 2.43 bits per heavy atom. The monoisotopic (exact) mass is 307 g/mol. The maximum absolute atomic E-state index is 12.5. The van der Waals surface area contributed by atoms with Crippen LogP contribution in [-0.2, 0) is 9.59 Å². The Morgan fingerprint density at radius 2 is 1.86 bits per heavy atom. The number of halogens is 1. The third-order valence-electron chi connectivity index (χ3n) is 3.13. The first-order valence-corrected chi connectivity index (χ1v) is 7.19. The highest BCUT2D eigenvalue weighted by Crippen LogP contribution is 2.13. The highest BCUT2D eigenvalue weighted by atomic mass is 35.5. The number of benzene rings is 1. The third-order valence-corrected chi connectivity index (χ3v) is 3.38. The number of carbonyl (C=O) groups excluding carboxylic acids is 2. The SMILES string of the molecule is CC(=O)N/C(=C/c1ccc(Cl)cc1)C(=O)N1CCNCC1. The van der Waals surface area contributed by atoms with Crippen molar-refractivity contribution < 1.29 is 9.59 Å². The van der Waals surface area contributed by atoms with Crippen LogP contribution in [-0.4, -0.2) is 42.9 Å². The first-order chi connectivity index (χ1) is 10.1. The standard InChI is InChI=1S/C15H18ClN3O2/c1-11(20)18-14(10-12-2-4-13(16)5-3-12)15(21)19-8-6-17-7-9-19/h2-5,10,17H,6-9H2,1H3,(H,18,20)/b14-10+. The zero-order valence-corrected chi connectivity index (χ0v) is 12.6. The van der Waals surface area contributed by atoms with E-state index in [0.29, 0.717) is 18.1 Å². The molecule has 1 aliphatic rings. The molecule has 112 valence electrons. The molecule has 0 spiro atoms. The number of carbonyl (C=O) groups is 2. The summed E-state index contributed by atoms with van der Waals surface area (Å²) in [7, 11) is 0. The molecule has 1 aromatic rings. The van der Waals surface area contributed by atoms with E-state index in [0.717, 1.165) is 18.7 Å². The van der Waals surface area contributed by atoms with Crippen molar-refractivity contribution in [1.29, 1.82) is 0 Å². The summed E-state index contributed by atoms with van der Waals surface area (Å²) in [6, 6.07) is 7.09. The van der Waals surface area contributed by atoms with Crippen molar-refractivity contribution in [2.75, 3.05) is 26.2 Å². The molecule has 2 N–H and O–H groups in total. The van der Waals surface area contributed by atoms with E-state index in [4.69, 9.17) is 11.6 Å². The van der Waals surface area contributed by atoms with E-state index in [1.54, 1.807) is 35.2 Å². The molecule has 1 aromatic carbocycles. The maximum Gasteiger partial charge on any atom is 0.270 e. The number of hydrogen-bond acceptors (Lipinski definition) is 3. The summed E-state index contributed by atoms with van der Waals surface area (Å²) >= 11 is 5.84. The third kappa shape index (κ3) is 4.58. The van der Waals surface area contributed by atoms with Crippen molar-refractivity contribution in [2.45, 2.75) is 6.92 Å². The molecule has 21 heavy (non-hydrogen) atoms. The minimum atomic E-state index is -0.265. The Kier molecular flexibility index (Phi) is 5.36. The van der Waals surface area contributed by atoms with Gasteiger partial charge >= 0.3 is 0 Å². The average Bonchev–Trinajstić information content (AvgIpc) is 2.48. The molecule has 1 saturated heterocycles. The second-order valence-corrected chi connectivity index (χ2v) is 5.27. The van der Waals surface area contributed by atoms with E-state index in [-0.39, 0.29) is 17.5 Å². The first kappa shape index (κ1) is 15.5. The molecule has 6 heteroatoms. The molecule has 1 aliphatic heterocycles. The summed E-state index contributed by atoms with van der Waals surface area (Å²) in [4.78, 5) is 25.6. The van der Waals surface area contributed by atoms with E-state index in [1.165, 1.54) is 6.92 Å². The lowest BCUT2D eigenvalue weighted by Gasteiger charge is -2.28. The molecule has 0 atom stereocenters. The van der Waals surface area contributed by atoms with Crippen molar-refractivity contribution in [3.05, 3.63) is 40.5 Å². The van der Waals surface area contributed by atoms with Gasteiger partial charge in [-0.05, 0) is 23.8 Å². The van der Waals surface area contributed by atoms with Crippen LogP contribution in [0.2, 0.25) is 5.02 Å². The van der Waals surface area contributed by atoms with Gasteiger partial charge in [0, 0.05) is 38.1 Å². The van der Waals surface area contributed by atoms with Gasteiger partial charge in [0.25, 0.3) is 5.91 Å². The van der Waals surface area contributed by atoms with Crippen LogP contribution in [0.1, 0.15) is 12.5 Å². The molecule has 2 amide bonds. The van der Waals surface area contributed by atoms with Crippen molar-refractivity contribution in [1.82, 2.24) is 15.5 Å². The Hall–Kier alpha value is -1.85. The van der Waals surface area contributed by atoms with Crippen molar-refractivity contribution in [3.8, 4) is 0 Å². The molecule has 0 unspecified atom stereocenters. The molecular formula is C15H18ClN3O2. The Morgan fingerprint density at radius 1 is 1.24 bits per heavy atom. The number of piperazine rings is 1.